The molecular weight excluding hydrogens is 372 g/mol. The quantitative estimate of drug-likeness (QED) is 0.173. The third kappa shape index (κ3) is 6.71. The lowest BCUT2D eigenvalue weighted by molar-refractivity contribution is -0.130. The van der Waals surface area contributed by atoms with Gasteiger partial charge in [0.1, 0.15) is 12.4 Å². The molecule has 0 saturated carbocycles. The van der Waals surface area contributed by atoms with E-state index in [0.717, 1.165) is 11.1 Å². The molecular formula is C23H24O6. The smallest absolute Gasteiger partial charge is 0.338 e. The Labute approximate surface area is 170 Å². The molecule has 0 aliphatic rings. The highest BCUT2D eigenvalue weighted by Gasteiger charge is 2.10. The van der Waals surface area contributed by atoms with E-state index in [1.807, 2.05) is 12.1 Å². The van der Waals surface area contributed by atoms with Gasteiger partial charge in [-0.3, -0.25) is 0 Å². The van der Waals surface area contributed by atoms with Crippen molar-refractivity contribution < 1.29 is 28.9 Å². The van der Waals surface area contributed by atoms with Crippen LogP contribution in [0.25, 0.3) is 11.1 Å². The fraction of sp³-hybridized carbons (Fsp3) is 0.217. The number of ether oxygens (including phenoxy) is 3. The Morgan fingerprint density at radius 1 is 0.931 bits per heavy atom. The van der Waals surface area contributed by atoms with Crippen molar-refractivity contribution >= 4 is 11.9 Å². The minimum Gasteiger partial charge on any atom is -0.460 e. The molecule has 0 heterocycles. The molecule has 2 aromatic rings. The first-order valence-electron chi connectivity index (χ1n) is 8.98. The van der Waals surface area contributed by atoms with Crippen molar-refractivity contribution in [1.82, 2.24) is 0 Å². The Bertz CT molecular complexity index is 881. The van der Waals surface area contributed by atoms with Gasteiger partial charge in [-0.15, -0.1) is 0 Å². The molecule has 0 fully saturated rings. The summed E-state index contributed by atoms with van der Waals surface area (Å²) in [5.41, 5.74) is 3.01. The predicted molar refractivity (Wildman–Crippen MR) is 109 cm³/mol. The van der Waals surface area contributed by atoms with E-state index in [9.17, 15) is 14.7 Å². The fourth-order valence-corrected chi connectivity index (χ4v) is 2.23. The maximum absolute atomic E-state index is 12.1. The van der Waals surface area contributed by atoms with Crippen LogP contribution in [-0.4, -0.2) is 36.5 Å². The number of carbonyl (C=O) groups is 2. The molecule has 0 amide bonds. The van der Waals surface area contributed by atoms with Gasteiger partial charge in [-0.1, -0.05) is 37.4 Å². The van der Waals surface area contributed by atoms with E-state index < -0.39 is 18.2 Å². The molecule has 1 atom stereocenters. The molecule has 0 saturated heterocycles. The van der Waals surface area contributed by atoms with Crippen molar-refractivity contribution in [2.45, 2.75) is 20.1 Å². The molecule has 0 radical (unpaired) electrons. The van der Waals surface area contributed by atoms with Gasteiger partial charge >= 0.3 is 11.9 Å². The molecule has 0 aliphatic carbocycles. The van der Waals surface area contributed by atoms with Gasteiger partial charge in [-0.2, -0.15) is 0 Å². The highest BCUT2D eigenvalue weighted by molar-refractivity contribution is 5.90. The molecule has 152 valence electrons. The van der Waals surface area contributed by atoms with E-state index in [4.69, 9.17) is 14.2 Å². The monoisotopic (exact) mass is 396 g/mol. The van der Waals surface area contributed by atoms with Crippen LogP contribution in [0.5, 0.6) is 5.75 Å². The molecule has 29 heavy (non-hydrogen) atoms. The molecule has 0 spiro atoms. The lowest BCUT2D eigenvalue weighted by Gasteiger charge is -2.11. The zero-order valence-corrected chi connectivity index (χ0v) is 16.5. The van der Waals surface area contributed by atoms with Crippen molar-refractivity contribution in [1.29, 1.82) is 0 Å². The second kappa shape index (κ2) is 10.4. The van der Waals surface area contributed by atoms with Crippen molar-refractivity contribution in [3.63, 3.8) is 0 Å². The van der Waals surface area contributed by atoms with Gasteiger partial charge in [-0.05, 0) is 54.8 Å². The van der Waals surface area contributed by atoms with Crippen LogP contribution in [-0.2, 0) is 14.3 Å². The van der Waals surface area contributed by atoms with Crippen LogP contribution in [0, 0.1) is 0 Å². The zero-order chi connectivity index (χ0) is 21.4. The van der Waals surface area contributed by atoms with Crippen molar-refractivity contribution in [3.05, 3.63) is 78.4 Å². The highest BCUT2D eigenvalue weighted by Crippen LogP contribution is 2.23. The van der Waals surface area contributed by atoms with Gasteiger partial charge in [0.2, 0.25) is 0 Å². The van der Waals surface area contributed by atoms with Gasteiger partial charge in [0.25, 0.3) is 0 Å². The lowest BCUT2D eigenvalue weighted by atomic mass is 10.0. The Balaban J connectivity index is 1.90. The summed E-state index contributed by atoms with van der Waals surface area (Å²) in [5, 5.41) is 9.44. The van der Waals surface area contributed by atoms with Crippen LogP contribution in [0.3, 0.4) is 0 Å². The Hall–Kier alpha value is -3.22. The van der Waals surface area contributed by atoms with E-state index in [-0.39, 0.29) is 13.2 Å². The average molecular weight is 396 g/mol. The molecule has 2 aromatic carbocycles. The summed E-state index contributed by atoms with van der Waals surface area (Å²) in [4.78, 5) is 23.6. The first-order chi connectivity index (χ1) is 13.8. The number of aliphatic hydroxyl groups is 1. The average Bonchev–Trinajstić information content (AvgIpc) is 2.71. The second-order valence-electron chi connectivity index (χ2n) is 6.48. The molecule has 2 rings (SSSR count). The maximum Gasteiger partial charge on any atom is 0.338 e. The van der Waals surface area contributed by atoms with Crippen LogP contribution in [0.2, 0.25) is 0 Å². The lowest BCUT2D eigenvalue weighted by Crippen LogP contribution is -2.18. The van der Waals surface area contributed by atoms with E-state index in [1.165, 1.54) is 0 Å². The Morgan fingerprint density at radius 2 is 1.48 bits per heavy atom. The molecule has 1 N–H and O–H groups in total. The summed E-state index contributed by atoms with van der Waals surface area (Å²) >= 11 is 0. The Kier molecular flexibility index (Phi) is 7.88. The summed E-state index contributed by atoms with van der Waals surface area (Å²) in [7, 11) is 0. The maximum atomic E-state index is 12.1. The van der Waals surface area contributed by atoms with Crippen LogP contribution in [0.4, 0.5) is 0 Å². The van der Waals surface area contributed by atoms with E-state index in [2.05, 4.69) is 13.2 Å². The summed E-state index contributed by atoms with van der Waals surface area (Å²) in [5.74, 6) is -0.520. The number of benzene rings is 2. The number of aliphatic hydroxyl groups excluding tert-OH is 1. The first-order valence-corrected chi connectivity index (χ1v) is 8.98. The summed E-state index contributed by atoms with van der Waals surface area (Å²) in [6.07, 6.45) is -1.07. The number of carbonyl (C=O) groups excluding carboxylic acids is 2. The van der Waals surface area contributed by atoms with Crippen LogP contribution in [0.1, 0.15) is 24.2 Å². The van der Waals surface area contributed by atoms with Crippen molar-refractivity contribution in [2.24, 2.45) is 0 Å². The minimum absolute atomic E-state index is 0.0231. The molecule has 0 bridgehead atoms. The summed E-state index contributed by atoms with van der Waals surface area (Å²) in [6, 6.07) is 13.9. The predicted octanol–water partition coefficient (Wildman–Crippen LogP) is 3.90. The molecule has 0 aromatic heterocycles. The van der Waals surface area contributed by atoms with Crippen LogP contribution >= 0.6 is 0 Å². The molecule has 1 unspecified atom stereocenters. The van der Waals surface area contributed by atoms with E-state index in [1.54, 1.807) is 50.2 Å². The second-order valence-corrected chi connectivity index (χ2v) is 6.48. The van der Waals surface area contributed by atoms with Crippen molar-refractivity contribution in [2.75, 3.05) is 13.2 Å². The normalized spacial score (nSPS) is 11.4. The topological polar surface area (TPSA) is 82.1 Å². The fourth-order valence-electron chi connectivity index (χ4n) is 2.23. The van der Waals surface area contributed by atoms with Gasteiger partial charge < -0.3 is 19.3 Å². The number of esters is 2. The van der Waals surface area contributed by atoms with Crippen LogP contribution < -0.4 is 4.74 Å². The largest absolute Gasteiger partial charge is 0.460 e. The summed E-state index contributed by atoms with van der Waals surface area (Å²) < 4.78 is 15.3. The minimum atomic E-state index is -1.07. The molecule has 6 heteroatoms. The van der Waals surface area contributed by atoms with E-state index >= 15 is 0 Å². The zero-order valence-electron chi connectivity index (χ0n) is 16.5. The third-order valence-electron chi connectivity index (χ3n) is 3.88. The number of hydrogen-bond acceptors (Lipinski definition) is 6. The Morgan fingerprint density at radius 3 is 2.00 bits per heavy atom. The number of rotatable bonds is 9. The summed E-state index contributed by atoms with van der Waals surface area (Å²) in [6.45, 7) is 10.4. The van der Waals surface area contributed by atoms with Gasteiger partial charge in [0.05, 0.1) is 12.2 Å². The highest BCUT2D eigenvalue weighted by atomic mass is 16.6. The van der Waals surface area contributed by atoms with Crippen molar-refractivity contribution in [3.8, 4) is 16.9 Å². The first kappa shape index (κ1) is 22.1. The molecule has 0 aliphatic heterocycles. The molecule has 6 nitrogen and oxygen atoms in total. The standard InChI is InChI=1S/C23H24O6/c1-15(2)21(24)27-13-14-28-23(26)19-7-5-17(6-8-19)18-9-11-20(12-10-18)29-22(25)16(3)4/h5-12,21,24H,1,3,13-14H2,2,4H3. The number of hydrogen-bond donors (Lipinski definition) is 1. The van der Waals surface area contributed by atoms with E-state index in [0.29, 0.717) is 22.5 Å². The van der Waals surface area contributed by atoms with Gasteiger partial charge in [-0.25, -0.2) is 9.59 Å². The van der Waals surface area contributed by atoms with Crippen LogP contribution in [0.15, 0.2) is 72.8 Å². The van der Waals surface area contributed by atoms with Gasteiger partial charge in [0.15, 0.2) is 6.29 Å². The van der Waals surface area contributed by atoms with Gasteiger partial charge in [0, 0.05) is 5.57 Å². The third-order valence-corrected chi connectivity index (χ3v) is 3.88. The SMILES string of the molecule is C=C(C)C(=O)Oc1ccc(-c2ccc(C(=O)OCCOC(O)C(=C)C)cc2)cc1.